The Labute approximate surface area is 156 Å². The lowest BCUT2D eigenvalue weighted by Crippen LogP contribution is -2.28. The third-order valence-electron chi connectivity index (χ3n) is 4.76. The number of hydrogen-bond acceptors (Lipinski definition) is 4. The summed E-state index contributed by atoms with van der Waals surface area (Å²) >= 11 is 0. The van der Waals surface area contributed by atoms with Crippen LogP contribution in [0.5, 0.6) is 5.75 Å². The number of nitrogens with zero attached hydrogens (tertiary/aromatic N) is 2. The van der Waals surface area contributed by atoms with Crippen molar-refractivity contribution in [2.75, 3.05) is 13.2 Å². The van der Waals surface area contributed by atoms with Gasteiger partial charge in [0.05, 0.1) is 17.4 Å². The van der Waals surface area contributed by atoms with Crippen molar-refractivity contribution in [3.63, 3.8) is 0 Å². The Morgan fingerprint density at radius 1 is 1.22 bits per heavy atom. The van der Waals surface area contributed by atoms with Crippen LogP contribution >= 0.6 is 0 Å². The summed E-state index contributed by atoms with van der Waals surface area (Å²) in [4.78, 5) is 29.4. The Kier molecular flexibility index (Phi) is 4.62. The van der Waals surface area contributed by atoms with Gasteiger partial charge >= 0.3 is 0 Å². The van der Waals surface area contributed by atoms with E-state index in [0.29, 0.717) is 29.6 Å². The summed E-state index contributed by atoms with van der Waals surface area (Å²) in [5.74, 6) is 1.38. The lowest BCUT2D eigenvalue weighted by Gasteiger charge is -2.09. The van der Waals surface area contributed by atoms with Gasteiger partial charge in [-0.05, 0) is 43.7 Å². The summed E-state index contributed by atoms with van der Waals surface area (Å²) in [5.41, 5.74) is 2.22. The lowest BCUT2D eigenvalue weighted by molar-refractivity contribution is 0.0947. The van der Waals surface area contributed by atoms with Crippen LogP contribution in [0.25, 0.3) is 10.9 Å². The molecule has 0 bridgehead atoms. The average molecular weight is 363 g/mol. The molecule has 2 aromatic carbocycles. The number of carbonyl (C=O) groups is 1. The van der Waals surface area contributed by atoms with Gasteiger partial charge < -0.3 is 10.1 Å². The summed E-state index contributed by atoms with van der Waals surface area (Å²) in [6.07, 6.45) is 1.74. The maximum Gasteiger partial charge on any atom is 0.261 e. The molecule has 6 heteroatoms. The number of hydrogen-bond donors (Lipinski definition) is 1. The van der Waals surface area contributed by atoms with Gasteiger partial charge in [0.15, 0.2) is 0 Å². The molecule has 1 N–H and O–H groups in total. The zero-order valence-electron chi connectivity index (χ0n) is 15.2. The molecule has 1 aromatic heterocycles. The molecule has 0 fully saturated rings. The van der Waals surface area contributed by atoms with Crippen molar-refractivity contribution in [3.05, 3.63) is 69.8 Å². The normalized spacial score (nSPS) is 12.8. The average Bonchev–Trinajstić information content (AvgIpc) is 3.15. The number of aryl methyl sites for hydroxylation is 2. The van der Waals surface area contributed by atoms with Crippen LogP contribution < -0.4 is 15.6 Å². The van der Waals surface area contributed by atoms with Crippen molar-refractivity contribution in [1.82, 2.24) is 14.9 Å². The number of carbonyl (C=O) groups excluding carboxylic acids is 1. The molecule has 138 valence electrons. The molecule has 0 saturated carbocycles. The molecule has 27 heavy (non-hydrogen) atoms. The highest BCUT2D eigenvalue weighted by atomic mass is 16.5. The van der Waals surface area contributed by atoms with Crippen LogP contribution in [0.1, 0.15) is 28.2 Å². The molecule has 6 nitrogen and oxygen atoms in total. The fourth-order valence-electron chi connectivity index (χ4n) is 3.29. The van der Waals surface area contributed by atoms with E-state index in [9.17, 15) is 9.59 Å². The third kappa shape index (κ3) is 3.56. The molecule has 2 heterocycles. The molecule has 0 spiro atoms. The van der Waals surface area contributed by atoms with Crippen molar-refractivity contribution in [2.24, 2.45) is 0 Å². The molecule has 1 amide bonds. The first-order valence-electron chi connectivity index (χ1n) is 9.13. The molecule has 0 radical (unpaired) electrons. The fourth-order valence-corrected chi connectivity index (χ4v) is 3.29. The van der Waals surface area contributed by atoms with E-state index in [4.69, 9.17) is 4.74 Å². The molecule has 0 unspecified atom stereocenters. The van der Waals surface area contributed by atoms with Crippen molar-refractivity contribution >= 4 is 16.8 Å². The van der Waals surface area contributed by atoms with Gasteiger partial charge in [-0.1, -0.05) is 17.7 Å². The first-order chi connectivity index (χ1) is 13.1. The van der Waals surface area contributed by atoms with Crippen LogP contribution in [0.2, 0.25) is 0 Å². The molecule has 0 aliphatic carbocycles. The van der Waals surface area contributed by atoms with Crippen LogP contribution in [0.4, 0.5) is 0 Å². The molecule has 4 rings (SSSR count). The second-order valence-electron chi connectivity index (χ2n) is 6.74. The van der Waals surface area contributed by atoms with Gasteiger partial charge in [0.1, 0.15) is 18.2 Å². The van der Waals surface area contributed by atoms with E-state index in [0.717, 1.165) is 31.0 Å². The lowest BCUT2D eigenvalue weighted by atomic mass is 10.1. The van der Waals surface area contributed by atoms with Crippen molar-refractivity contribution < 1.29 is 9.53 Å². The van der Waals surface area contributed by atoms with E-state index >= 15 is 0 Å². The summed E-state index contributed by atoms with van der Waals surface area (Å²) in [6, 6.07) is 12.8. The summed E-state index contributed by atoms with van der Waals surface area (Å²) in [6.45, 7) is 3.52. The van der Waals surface area contributed by atoms with Crippen LogP contribution in [0, 0.1) is 6.92 Å². The molecule has 0 saturated heterocycles. The highest BCUT2D eigenvalue weighted by molar-refractivity contribution is 5.97. The maximum atomic E-state index is 12.5. The first-order valence-corrected chi connectivity index (χ1v) is 9.13. The minimum absolute atomic E-state index is 0.0223. The summed E-state index contributed by atoms with van der Waals surface area (Å²) < 4.78 is 7.34. The predicted octanol–water partition coefficient (Wildman–Crippen LogP) is 2.46. The Balaban J connectivity index is 1.41. The van der Waals surface area contributed by atoms with Crippen LogP contribution in [0.15, 0.2) is 47.3 Å². The van der Waals surface area contributed by atoms with E-state index in [2.05, 4.69) is 10.3 Å². The largest absolute Gasteiger partial charge is 0.492 e. The van der Waals surface area contributed by atoms with E-state index < -0.39 is 0 Å². The number of nitrogens with one attached hydrogen (secondary N) is 1. The van der Waals surface area contributed by atoms with Crippen LogP contribution in [-0.4, -0.2) is 28.6 Å². The number of aromatic nitrogens is 2. The second kappa shape index (κ2) is 7.23. The molecule has 1 aliphatic heterocycles. The van der Waals surface area contributed by atoms with Crippen LogP contribution in [-0.2, 0) is 13.0 Å². The van der Waals surface area contributed by atoms with Gasteiger partial charge in [0, 0.05) is 18.5 Å². The highest BCUT2D eigenvalue weighted by Gasteiger charge is 2.17. The number of amides is 1. The van der Waals surface area contributed by atoms with E-state index in [1.54, 1.807) is 22.8 Å². The molecular formula is C21H21N3O3. The first kappa shape index (κ1) is 17.3. The third-order valence-corrected chi connectivity index (χ3v) is 4.76. The zero-order valence-corrected chi connectivity index (χ0v) is 15.2. The predicted molar refractivity (Wildman–Crippen MR) is 103 cm³/mol. The highest BCUT2D eigenvalue weighted by Crippen LogP contribution is 2.16. The van der Waals surface area contributed by atoms with Gasteiger partial charge in [-0.3, -0.25) is 14.2 Å². The minimum atomic E-state index is -0.202. The van der Waals surface area contributed by atoms with Crippen LogP contribution in [0.3, 0.4) is 0 Å². The standard InChI is InChI=1S/C21H21N3O3/c1-14-4-7-16(8-5-14)27-12-10-22-20(25)15-6-9-17-18(13-15)23-19-3-2-11-24(19)21(17)26/h4-9,13H,2-3,10-12H2,1H3,(H,22,25). The Morgan fingerprint density at radius 3 is 2.85 bits per heavy atom. The summed E-state index contributed by atoms with van der Waals surface area (Å²) in [5, 5.41) is 3.39. The maximum absolute atomic E-state index is 12.5. The Bertz CT molecular complexity index is 1050. The molecule has 3 aromatic rings. The van der Waals surface area contributed by atoms with E-state index in [1.165, 1.54) is 5.56 Å². The minimum Gasteiger partial charge on any atom is -0.492 e. The monoisotopic (exact) mass is 363 g/mol. The fraction of sp³-hybridized carbons (Fsp3) is 0.286. The molecule has 0 atom stereocenters. The van der Waals surface area contributed by atoms with Gasteiger partial charge in [0.25, 0.3) is 11.5 Å². The van der Waals surface area contributed by atoms with E-state index in [1.807, 2.05) is 31.2 Å². The van der Waals surface area contributed by atoms with E-state index in [-0.39, 0.29) is 11.5 Å². The number of ether oxygens (including phenoxy) is 1. The smallest absolute Gasteiger partial charge is 0.261 e. The van der Waals surface area contributed by atoms with Crippen molar-refractivity contribution in [2.45, 2.75) is 26.3 Å². The quantitative estimate of drug-likeness (QED) is 0.707. The van der Waals surface area contributed by atoms with Gasteiger partial charge in [-0.25, -0.2) is 4.98 Å². The number of fused-ring (bicyclic) bond motifs is 2. The van der Waals surface area contributed by atoms with Gasteiger partial charge in [-0.15, -0.1) is 0 Å². The SMILES string of the molecule is Cc1ccc(OCCNC(=O)c2ccc3c(=O)n4c(nc3c2)CCC4)cc1. The second-order valence-corrected chi connectivity index (χ2v) is 6.74. The topological polar surface area (TPSA) is 73.2 Å². The van der Waals surface area contributed by atoms with Gasteiger partial charge in [-0.2, -0.15) is 0 Å². The number of benzene rings is 2. The van der Waals surface area contributed by atoms with Crippen molar-refractivity contribution in [3.8, 4) is 5.75 Å². The number of rotatable bonds is 5. The Hall–Kier alpha value is -3.15. The zero-order chi connectivity index (χ0) is 18.8. The molecular weight excluding hydrogens is 342 g/mol. The van der Waals surface area contributed by atoms with Crippen molar-refractivity contribution in [1.29, 1.82) is 0 Å². The summed E-state index contributed by atoms with van der Waals surface area (Å²) in [7, 11) is 0. The molecule has 1 aliphatic rings. The Morgan fingerprint density at radius 2 is 2.04 bits per heavy atom. The van der Waals surface area contributed by atoms with Gasteiger partial charge in [0.2, 0.25) is 0 Å².